The number of anilines is 1. The SMILES string of the molecule is Nc1ccc(N=Nc2ccc(O)c3ccccc23)cc1. The maximum atomic E-state index is 9.83. The number of nitrogen functional groups attached to an aromatic ring is 1. The van der Waals surface area contributed by atoms with Crippen LogP contribution >= 0.6 is 0 Å². The molecular formula is C16H13N3O. The van der Waals surface area contributed by atoms with Gasteiger partial charge in [-0.05, 0) is 36.4 Å². The van der Waals surface area contributed by atoms with Gasteiger partial charge in [0.15, 0.2) is 0 Å². The van der Waals surface area contributed by atoms with Gasteiger partial charge in [-0.25, -0.2) is 0 Å². The molecule has 0 amide bonds. The predicted molar refractivity (Wildman–Crippen MR) is 80.6 cm³/mol. The number of nitrogens with two attached hydrogens (primary N) is 1. The van der Waals surface area contributed by atoms with Crippen LogP contribution in [0.25, 0.3) is 10.8 Å². The normalized spacial score (nSPS) is 11.2. The lowest BCUT2D eigenvalue weighted by Crippen LogP contribution is -1.80. The molecule has 3 N–H and O–H groups in total. The van der Waals surface area contributed by atoms with Crippen LogP contribution in [0, 0.1) is 0 Å². The topological polar surface area (TPSA) is 71.0 Å². The quantitative estimate of drug-likeness (QED) is 0.526. The van der Waals surface area contributed by atoms with Gasteiger partial charge in [0.1, 0.15) is 5.75 Å². The van der Waals surface area contributed by atoms with Crippen LogP contribution in [0.1, 0.15) is 0 Å². The van der Waals surface area contributed by atoms with Crippen LogP contribution < -0.4 is 5.73 Å². The van der Waals surface area contributed by atoms with Crippen LogP contribution in [0.4, 0.5) is 17.1 Å². The maximum Gasteiger partial charge on any atom is 0.123 e. The molecule has 4 heteroatoms. The highest BCUT2D eigenvalue weighted by Gasteiger charge is 2.03. The summed E-state index contributed by atoms with van der Waals surface area (Å²) in [6.07, 6.45) is 0. The third-order valence-corrected chi connectivity index (χ3v) is 3.04. The van der Waals surface area contributed by atoms with Gasteiger partial charge in [0.05, 0.1) is 11.4 Å². The highest BCUT2D eigenvalue weighted by molar-refractivity contribution is 5.96. The van der Waals surface area contributed by atoms with Crippen molar-refractivity contribution in [3.63, 3.8) is 0 Å². The van der Waals surface area contributed by atoms with Crippen molar-refractivity contribution in [1.29, 1.82) is 0 Å². The van der Waals surface area contributed by atoms with Crippen molar-refractivity contribution in [2.24, 2.45) is 10.2 Å². The number of phenols is 1. The Kier molecular flexibility index (Phi) is 3.05. The molecule has 0 bridgehead atoms. The fraction of sp³-hybridized carbons (Fsp3) is 0. The lowest BCUT2D eigenvalue weighted by Gasteiger charge is -2.03. The van der Waals surface area contributed by atoms with Crippen molar-refractivity contribution in [3.8, 4) is 5.75 Å². The lowest BCUT2D eigenvalue weighted by atomic mass is 10.1. The number of hydrogen-bond acceptors (Lipinski definition) is 4. The molecule has 0 atom stereocenters. The molecule has 0 heterocycles. The first-order chi connectivity index (χ1) is 9.74. The second kappa shape index (κ2) is 5.01. The summed E-state index contributed by atoms with van der Waals surface area (Å²) < 4.78 is 0. The summed E-state index contributed by atoms with van der Waals surface area (Å²) in [5.74, 6) is 0.243. The van der Waals surface area contributed by atoms with E-state index in [1.807, 2.05) is 24.3 Å². The van der Waals surface area contributed by atoms with Crippen molar-refractivity contribution < 1.29 is 5.11 Å². The first kappa shape index (κ1) is 12.2. The lowest BCUT2D eigenvalue weighted by molar-refractivity contribution is 0.481. The average molecular weight is 263 g/mol. The molecule has 0 saturated carbocycles. The van der Waals surface area contributed by atoms with E-state index in [0.29, 0.717) is 5.69 Å². The molecule has 3 aromatic carbocycles. The largest absolute Gasteiger partial charge is 0.507 e. The van der Waals surface area contributed by atoms with E-state index in [4.69, 9.17) is 5.73 Å². The molecule has 0 unspecified atom stereocenters. The molecule has 98 valence electrons. The van der Waals surface area contributed by atoms with Gasteiger partial charge < -0.3 is 10.8 Å². The molecule has 0 aromatic heterocycles. The minimum absolute atomic E-state index is 0.243. The summed E-state index contributed by atoms with van der Waals surface area (Å²) in [5, 5.41) is 19.9. The van der Waals surface area contributed by atoms with Gasteiger partial charge in [-0.1, -0.05) is 24.3 Å². The van der Waals surface area contributed by atoms with E-state index in [-0.39, 0.29) is 5.75 Å². The molecule has 4 nitrogen and oxygen atoms in total. The zero-order valence-electron chi connectivity index (χ0n) is 10.7. The van der Waals surface area contributed by atoms with Crippen LogP contribution in [0.3, 0.4) is 0 Å². The molecule has 3 aromatic rings. The van der Waals surface area contributed by atoms with Crippen molar-refractivity contribution in [2.45, 2.75) is 0 Å². The second-order valence-corrected chi connectivity index (χ2v) is 4.44. The van der Waals surface area contributed by atoms with Crippen molar-refractivity contribution in [3.05, 3.63) is 60.7 Å². The predicted octanol–water partition coefficient (Wildman–Crippen LogP) is 4.54. The molecule has 0 spiro atoms. The van der Waals surface area contributed by atoms with Crippen LogP contribution in [0.2, 0.25) is 0 Å². The molecule has 0 radical (unpaired) electrons. The number of fused-ring (bicyclic) bond motifs is 1. The first-order valence-corrected chi connectivity index (χ1v) is 6.22. The number of nitrogens with zero attached hydrogens (tertiary/aromatic N) is 2. The van der Waals surface area contributed by atoms with Gasteiger partial charge in [-0.3, -0.25) is 0 Å². The number of benzene rings is 3. The second-order valence-electron chi connectivity index (χ2n) is 4.44. The van der Waals surface area contributed by atoms with Crippen molar-refractivity contribution >= 4 is 27.8 Å². The van der Waals surface area contributed by atoms with Gasteiger partial charge in [0.25, 0.3) is 0 Å². The zero-order chi connectivity index (χ0) is 13.9. The Bertz CT molecular complexity index is 779. The van der Waals surface area contributed by atoms with Gasteiger partial charge >= 0.3 is 0 Å². The molecule has 0 aliphatic carbocycles. The van der Waals surface area contributed by atoms with Crippen molar-refractivity contribution in [1.82, 2.24) is 0 Å². The Hall–Kier alpha value is -2.88. The minimum atomic E-state index is 0.243. The Morgan fingerprint density at radius 3 is 2.20 bits per heavy atom. The van der Waals surface area contributed by atoms with Crippen LogP contribution in [0.5, 0.6) is 5.75 Å². The molecule has 3 rings (SSSR count). The first-order valence-electron chi connectivity index (χ1n) is 6.22. The summed E-state index contributed by atoms with van der Waals surface area (Å²) in [5.41, 5.74) is 7.77. The standard InChI is InChI=1S/C16H13N3O/c17-11-5-7-12(8-6-11)18-19-15-9-10-16(20)14-4-2-1-3-13(14)15/h1-10,20H,17H2. The highest BCUT2D eigenvalue weighted by atomic mass is 16.3. The summed E-state index contributed by atoms with van der Waals surface area (Å²) in [6, 6.07) is 18.1. The van der Waals surface area contributed by atoms with Crippen LogP contribution in [-0.2, 0) is 0 Å². The third kappa shape index (κ3) is 2.31. The van der Waals surface area contributed by atoms with E-state index in [1.54, 1.807) is 36.4 Å². The smallest absolute Gasteiger partial charge is 0.123 e. The number of aromatic hydroxyl groups is 1. The van der Waals surface area contributed by atoms with Crippen molar-refractivity contribution in [2.75, 3.05) is 5.73 Å². The maximum absolute atomic E-state index is 9.83. The molecule has 0 saturated heterocycles. The Morgan fingerprint density at radius 2 is 1.45 bits per heavy atom. The Balaban J connectivity index is 2.03. The molecule has 0 fully saturated rings. The summed E-state index contributed by atoms with van der Waals surface area (Å²) in [4.78, 5) is 0. The zero-order valence-corrected chi connectivity index (χ0v) is 10.7. The van der Waals surface area contributed by atoms with E-state index in [1.165, 1.54) is 0 Å². The van der Waals surface area contributed by atoms with E-state index in [0.717, 1.165) is 22.1 Å². The monoisotopic (exact) mass is 263 g/mol. The molecule has 0 aliphatic rings. The minimum Gasteiger partial charge on any atom is -0.507 e. The average Bonchev–Trinajstić information content (AvgIpc) is 2.49. The van der Waals surface area contributed by atoms with Crippen LogP contribution in [-0.4, -0.2) is 5.11 Å². The summed E-state index contributed by atoms with van der Waals surface area (Å²) >= 11 is 0. The number of hydrogen-bond donors (Lipinski definition) is 2. The van der Waals surface area contributed by atoms with E-state index in [2.05, 4.69) is 10.2 Å². The third-order valence-electron chi connectivity index (χ3n) is 3.04. The van der Waals surface area contributed by atoms with E-state index in [9.17, 15) is 5.11 Å². The van der Waals surface area contributed by atoms with E-state index >= 15 is 0 Å². The fourth-order valence-corrected chi connectivity index (χ4v) is 2.01. The van der Waals surface area contributed by atoms with Gasteiger partial charge in [-0.2, -0.15) is 5.11 Å². The number of azo groups is 1. The highest BCUT2D eigenvalue weighted by Crippen LogP contribution is 2.33. The number of phenolic OH excluding ortho intramolecular Hbond substituents is 1. The number of rotatable bonds is 2. The molecule has 20 heavy (non-hydrogen) atoms. The Morgan fingerprint density at radius 1 is 0.750 bits per heavy atom. The van der Waals surface area contributed by atoms with Gasteiger partial charge in [0, 0.05) is 16.5 Å². The molecule has 0 aliphatic heterocycles. The van der Waals surface area contributed by atoms with Gasteiger partial charge in [-0.15, -0.1) is 5.11 Å². The van der Waals surface area contributed by atoms with E-state index < -0.39 is 0 Å². The Labute approximate surface area is 116 Å². The van der Waals surface area contributed by atoms with Gasteiger partial charge in [0.2, 0.25) is 0 Å². The fourth-order valence-electron chi connectivity index (χ4n) is 2.01. The van der Waals surface area contributed by atoms with Crippen LogP contribution in [0.15, 0.2) is 70.9 Å². The summed E-state index contributed by atoms with van der Waals surface area (Å²) in [7, 11) is 0. The molecular weight excluding hydrogens is 250 g/mol. The summed E-state index contributed by atoms with van der Waals surface area (Å²) in [6.45, 7) is 0.